The van der Waals surface area contributed by atoms with Gasteiger partial charge in [-0.15, -0.1) is 0 Å². The quantitative estimate of drug-likeness (QED) is 0.719. The molecule has 1 fully saturated rings. The van der Waals surface area contributed by atoms with E-state index in [9.17, 15) is 9.59 Å². The van der Waals surface area contributed by atoms with E-state index in [0.29, 0.717) is 19.0 Å². The first-order chi connectivity index (χ1) is 8.30. The molecule has 0 unspecified atom stereocenters. The van der Waals surface area contributed by atoms with E-state index in [4.69, 9.17) is 5.11 Å². The van der Waals surface area contributed by atoms with E-state index in [1.165, 1.54) is 12.8 Å². The van der Waals surface area contributed by atoms with Gasteiger partial charge in [0.2, 0.25) is 5.91 Å². The molecule has 0 spiro atoms. The van der Waals surface area contributed by atoms with Gasteiger partial charge in [-0.1, -0.05) is 0 Å². The standard InChI is InChI=1S/C13H24N2O3/c1-13(2,3)15(9-7-12(17)18)11(16)6-8-14-10-4-5-10/h10,14H,4-9H2,1-3H3,(H,17,18). The van der Waals surface area contributed by atoms with Crippen LogP contribution >= 0.6 is 0 Å². The highest BCUT2D eigenvalue weighted by atomic mass is 16.4. The van der Waals surface area contributed by atoms with Gasteiger partial charge in [-0.05, 0) is 33.6 Å². The summed E-state index contributed by atoms with van der Waals surface area (Å²) in [5.41, 5.74) is -0.327. The van der Waals surface area contributed by atoms with Gasteiger partial charge in [0.05, 0.1) is 6.42 Å². The van der Waals surface area contributed by atoms with E-state index in [1.54, 1.807) is 4.90 Å². The lowest BCUT2D eigenvalue weighted by atomic mass is 10.0. The monoisotopic (exact) mass is 256 g/mol. The lowest BCUT2D eigenvalue weighted by Gasteiger charge is -2.35. The molecule has 0 aromatic rings. The molecular formula is C13H24N2O3. The molecule has 5 nitrogen and oxygen atoms in total. The van der Waals surface area contributed by atoms with Crippen LogP contribution in [0.25, 0.3) is 0 Å². The van der Waals surface area contributed by atoms with Crippen LogP contribution in [0.5, 0.6) is 0 Å². The van der Waals surface area contributed by atoms with Gasteiger partial charge in [0, 0.05) is 31.1 Å². The summed E-state index contributed by atoms with van der Waals surface area (Å²) < 4.78 is 0. The Hall–Kier alpha value is -1.10. The Labute approximate surface area is 109 Å². The second-order valence-electron chi connectivity index (χ2n) is 5.84. The molecule has 0 aromatic carbocycles. The lowest BCUT2D eigenvalue weighted by molar-refractivity contribution is -0.140. The SMILES string of the molecule is CC(C)(C)N(CCC(=O)O)C(=O)CCNC1CC1. The van der Waals surface area contributed by atoms with E-state index in [0.717, 1.165) is 0 Å². The molecule has 18 heavy (non-hydrogen) atoms. The van der Waals surface area contributed by atoms with Crippen LogP contribution in [0, 0.1) is 0 Å². The third-order valence-corrected chi connectivity index (χ3v) is 3.01. The van der Waals surface area contributed by atoms with E-state index in [-0.39, 0.29) is 24.4 Å². The van der Waals surface area contributed by atoms with Crippen LogP contribution in [0.15, 0.2) is 0 Å². The summed E-state index contributed by atoms with van der Waals surface area (Å²) in [5, 5.41) is 12.0. The minimum Gasteiger partial charge on any atom is -0.481 e. The lowest BCUT2D eigenvalue weighted by Crippen LogP contribution is -2.47. The Morgan fingerprint density at radius 2 is 1.89 bits per heavy atom. The molecule has 5 heteroatoms. The van der Waals surface area contributed by atoms with Crippen LogP contribution in [-0.2, 0) is 9.59 Å². The van der Waals surface area contributed by atoms with Gasteiger partial charge >= 0.3 is 5.97 Å². The topological polar surface area (TPSA) is 69.6 Å². The highest BCUT2D eigenvalue weighted by Gasteiger charge is 2.27. The van der Waals surface area contributed by atoms with Gasteiger partial charge in [0.25, 0.3) is 0 Å². The summed E-state index contributed by atoms with van der Waals surface area (Å²) in [4.78, 5) is 24.4. The molecule has 1 rings (SSSR count). The maximum atomic E-state index is 12.1. The van der Waals surface area contributed by atoms with E-state index in [2.05, 4.69) is 5.32 Å². The van der Waals surface area contributed by atoms with Crippen LogP contribution in [0.3, 0.4) is 0 Å². The number of carboxylic acid groups (broad SMARTS) is 1. The Balaban J connectivity index is 2.40. The van der Waals surface area contributed by atoms with E-state index in [1.807, 2.05) is 20.8 Å². The number of nitrogens with zero attached hydrogens (tertiary/aromatic N) is 1. The van der Waals surface area contributed by atoms with E-state index < -0.39 is 5.97 Å². The van der Waals surface area contributed by atoms with Crippen molar-refractivity contribution in [2.45, 2.75) is 58.0 Å². The summed E-state index contributed by atoms with van der Waals surface area (Å²) in [6, 6.07) is 0.597. The maximum Gasteiger partial charge on any atom is 0.305 e. The zero-order valence-electron chi connectivity index (χ0n) is 11.5. The smallest absolute Gasteiger partial charge is 0.305 e. The van der Waals surface area contributed by atoms with Gasteiger partial charge in [-0.2, -0.15) is 0 Å². The second kappa shape index (κ2) is 6.18. The van der Waals surface area contributed by atoms with Crippen LogP contribution in [0.4, 0.5) is 0 Å². The van der Waals surface area contributed by atoms with Crippen molar-refractivity contribution in [3.63, 3.8) is 0 Å². The van der Waals surface area contributed by atoms with Crippen LogP contribution in [0.1, 0.15) is 46.5 Å². The normalized spacial score (nSPS) is 15.5. The van der Waals surface area contributed by atoms with E-state index >= 15 is 0 Å². The van der Waals surface area contributed by atoms with Crippen molar-refractivity contribution in [1.82, 2.24) is 10.2 Å². The van der Waals surface area contributed by atoms with Crippen molar-refractivity contribution in [3.05, 3.63) is 0 Å². The number of aliphatic carboxylic acids is 1. The zero-order valence-corrected chi connectivity index (χ0v) is 11.5. The Kier molecular flexibility index (Phi) is 5.14. The van der Waals surface area contributed by atoms with Crippen LogP contribution in [-0.4, -0.2) is 46.6 Å². The first kappa shape index (κ1) is 15.0. The molecule has 104 valence electrons. The number of carbonyl (C=O) groups excluding carboxylic acids is 1. The number of rotatable bonds is 7. The average molecular weight is 256 g/mol. The first-order valence-corrected chi connectivity index (χ1v) is 6.56. The molecule has 0 radical (unpaired) electrons. The third-order valence-electron chi connectivity index (χ3n) is 3.01. The minimum atomic E-state index is -0.867. The van der Waals surface area contributed by atoms with Crippen molar-refractivity contribution < 1.29 is 14.7 Å². The summed E-state index contributed by atoms with van der Waals surface area (Å²) in [5.74, 6) is -0.843. The molecule has 1 saturated carbocycles. The van der Waals surface area contributed by atoms with Gasteiger partial charge in [0.1, 0.15) is 0 Å². The number of carboxylic acids is 1. The zero-order chi connectivity index (χ0) is 13.8. The largest absolute Gasteiger partial charge is 0.481 e. The summed E-state index contributed by atoms with van der Waals surface area (Å²) in [7, 11) is 0. The molecule has 1 aliphatic rings. The molecule has 0 bridgehead atoms. The fourth-order valence-electron chi connectivity index (χ4n) is 1.85. The number of hydrogen-bond acceptors (Lipinski definition) is 3. The molecule has 1 aliphatic carbocycles. The van der Waals surface area contributed by atoms with Crippen molar-refractivity contribution in [2.75, 3.05) is 13.1 Å². The molecule has 0 atom stereocenters. The first-order valence-electron chi connectivity index (χ1n) is 6.56. The summed E-state index contributed by atoms with van der Waals surface area (Å²) in [6.07, 6.45) is 2.85. The fraction of sp³-hybridized carbons (Fsp3) is 0.846. The van der Waals surface area contributed by atoms with Crippen molar-refractivity contribution >= 4 is 11.9 Å². The number of nitrogens with one attached hydrogen (secondary N) is 1. The molecule has 0 aliphatic heterocycles. The van der Waals surface area contributed by atoms with Gasteiger partial charge in [-0.3, -0.25) is 9.59 Å². The molecule has 0 aromatic heterocycles. The molecule has 0 saturated heterocycles. The Morgan fingerprint density at radius 3 is 2.33 bits per heavy atom. The van der Waals surface area contributed by atoms with Crippen LogP contribution in [0.2, 0.25) is 0 Å². The van der Waals surface area contributed by atoms with Gasteiger partial charge in [0.15, 0.2) is 0 Å². The number of amides is 1. The number of carbonyl (C=O) groups is 2. The minimum absolute atomic E-state index is 0.000929. The number of hydrogen-bond donors (Lipinski definition) is 2. The van der Waals surface area contributed by atoms with Crippen molar-refractivity contribution in [2.24, 2.45) is 0 Å². The molecule has 0 heterocycles. The second-order valence-corrected chi connectivity index (χ2v) is 5.84. The van der Waals surface area contributed by atoms with Crippen molar-refractivity contribution in [3.8, 4) is 0 Å². The maximum absolute atomic E-state index is 12.1. The Bertz CT molecular complexity index is 306. The van der Waals surface area contributed by atoms with Gasteiger partial charge in [-0.25, -0.2) is 0 Å². The summed E-state index contributed by atoms with van der Waals surface area (Å²) >= 11 is 0. The molecular weight excluding hydrogens is 232 g/mol. The third kappa shape index (κ3) is 5.49. The highest BCUT2D eigenvalue weighted by molar-refractivity contribution is 5.78. The summed E-state index contributed by atoms with van der Waals surface area (Å²) in [6.45, 7) is 6.76. The predicted molar refractivity (Wildman–Crippen MR) is 69.4 cm³/mol. The fourth-order valence-corrected chi connectivity index (χ4v) is 1.85. The van der Waals surface area contributed by atoms with Gasteiger partial charge < -0.3 is 15.3 Å². The van der Waals surface area contributed by atoms with Crippen LogP contribution < -0.4 is 5.32 Å². The Morgan fingerprint density at radius 1 is 1.28 bits per heavy atom. The predicted octanol–water partition coefficient (Wildman–Crippen LogP) is 1.23. The molecule has 2 N–H and O–H groups in total. The highest BCUT2D eigenvalue weighted by Crippen LogP contribution is 2.19. The van der Waals surface area contributed by atoms with Crippen molar-refractivity contribution in [1.29, 1.82) is 0 Å². The average Bonchev–Trinajstić information content (AvgIpc) is 2.99. The molecule has 1 amide bonds.